The fourth-order valence-electron chi connectivity index (χ4n) is 2.76. The highest BCUT2D eigenvalue weighted by Crippen LogP contribution is 2.09. The summed E-state index contributed by atoms with van der Waals surface area (Å²) in [6, 6.07) is -0.0707. The van der Waals surface area contributed by atoms with Crippen molar-refractivity contribution in [3.05, 3.63) is 0 Å². The summed E-state index contributed by atoms with van der Waals surface area (Å²) >= 11 is 0. The van der Waals surface area contributed by atoms with Gasteiger partial charge in [0, 0.05) is 39.8 Å². The summed E-state index contributed by atoms with van der Waals surface area (Å²) in [5, 5.41) is 2.81. The van der Waals surface area contributed by atoms with Crippen molar-refractivity contribution in [2.75, 3.05) is 66.1 Å². The molecular formula is C14H26N4O3. The van der Waals surface area contributed by atoms with Crippen molar-refractivity contribution >= 4 is 11.9 Å². The zero-order chi connectivity index (χ0) is 15.1. The first kappa shape index (κ1) is 16.0. The van der Waals surface area contributed by atoms with Crippen molar-refractivity contribution in [1.82, 2.24) is 20.0 Å². The monoisotopic (exact) mass is 298 g/mol. The molecule has 3 amide bonds. The Morgan fingerprint density at radius 3 is 2.24 bits per heavy atom. The van der Waals surface area contributed by atoms with Gasteiger partial charge in [-0.25, -0.2) is 4.79 Å². The van der Waals surface area contributed by atoms with Crippen molar-refractivity contribution in [2.45, 2.75) is 12.8 Å². The first-order valence-electron chi connectivity index (χ1n) is 7.72. The number of nitrogens with one attached hydrogen (secondary N) is 1. The van der Waals surface area contributed by atoms with Gasteiger partial charge in [0.2, 0.25) is 5.91 Å². The zero-order valence-electron chi connectivity index (χ0n) is 12.8. The Kier molecular flexibility index (Phi) is 6.25. The highest BCUT2D eigenvalue weighted by molar-refractivity contribution is 5.79. The predicted molar refractivity (Wildman–Crippen MR) is 79.1 cm³/mol. The largest absolute Gasteiger partial charge is 0.383 e. The van der Waals surface area contributed by atoms with E-state index in [1.807, 2.05) is 4.90 Å². The van der Waals surface area contributed by atoms with E-state index >= 15 is 0 Å². The third-order valence-electron chi connectivity index (χ3n) is 4.06. The van der Waals surface area contributed by atoms with Crippen LogP contribution >= 0.6 is 0 Å². The molecule has 120 valence electrons. The number of methoxy groups -OCH3 is 1. The number of carbonyl (C=O) groups excluding carboxylic acids is 2. The molecule has 0 saturated carbocycles. The summed E-state index contributed by atoms with van der Waals surface area (Å²) in [4.78, 5) is 29.9. The van der Waals surface area contributed by atoms with Crippen molar-refractivity contribution in [3.63, 3.8) is 0 Å². The maximum absolute atomic E-state index is 12.2. The van der Waals surface area contributed by atoms with E-state index in [9.17, 15) is 9.59 Å². The van der Waals surface area contributed by atoms with Crippen molar-refractivity contribution < 1.29 is 14.3 Å². The molecule has 0 aliphatic carbocycles. The molecule has 1 N–H and O–H groups in total. The molecule has 0 atom stereocenters. The SMILES string of the molecule is COCCNC(=O)N1CCN(C(=O)CN2CCCC2)CC1. The van der Waals surface area contributed by atoms with E-state index in [1.54, 1.807) is 12.0 Å². The first-order valence-corrected chi connectivity index (χ1v) is 7.72. The van der Waals surface area contributed by atoms with Gasteiger partial charge < -0.3 is 19.9 Å². The molecule has 7 heteroatoms. The quantitative estimate of drug-likeness (QED) is 0.700. The van der Waals surface area contributed by atoms with Gasteiger partial charge >= 0.3 is 6.03 Å². The van der Waals surface area contributed by atoms with Gasteiger partial charge in [-0.15, -0.1) is 0 Å². The highest BCUT2D eigenvalue weighted by atomic mass is 16.5. The molecule has 2 saturated heterocycles. The maximum atomic E-state index is 12.2. The molecule has 21 heavy (non-hydrogen) atoms. The number of hydrogen-bond donors (Lipinski definition) is 1. The summed E-state index contributed by atoms with van der Waals surface area (Å²) in [5.41, 5.74) is 0. The number of carbonyl (C=O) groups is 2. The number of ether oxygens (including phenoxy) is 1. The van der Waals surface area contributed by atoms with Gasteiger partial charge in [0.05, 0.1) is 13.2 Å². The molecule has 0 aromatic carbocycles. The molecule has 0 unspecified atom stereocenters. The van der Waals surface area contributed by atoms with Crippen LogP contribution in [0.1, 0.15) is 12.8 Å². The van der Waals surface area contributed by atoms with Crippen LogP contribution in [0, 0.1) is 0 Å². The van der Waals surface area contributed by atoms with E-state index < -0.39 is 0 Å². The summed E-state index contributed by atoms with van der Waals surface area (Å²) < 4.78 is 4.90. The number of amides is 3. The van der Waals surface area contributed by atoms with Crippen LogP contribution in [0.25, 0.3) is 0 Å². The molecule has 0 radical (unpaired) electrons. The number of nitrogens with zero attached hydrogens (tertiary/aromatic N) is 3. The number of urea groups is 1. The third-order valence-corrected chi connectivity index (χ3v) is 4.06. The molecule has 2 rings (SSSR count). The molecular weight excluding hydrogens is 272 g/mol. The minimum atomic E-state index is -0.0707. The van der Waals surface area contributed by atoms with Crippen molar-refractivity contribution in [3.8, 4) is 0 Å². The summed E-state index contributed by atoms with van der Waals surface area (Å²) in [7, 11) is 1.61. The molecule has 7 nitrogen and oxygen atoms in total. The van der Waals surface area contributed by atoms with Gasteiger partial charge in [0.15, 0.2) is 0 Å². The van der Waals surface area contributed by atoms with Gasteiger partial charge in [-0.3, -0.25) is 9.69 Å². The van der Waals surface area contributed by atoms with Crippen LogP contribution in [0.15, 0.2) is 0 Å². The fraction of sp³-hybridized carbons (Fsp3) is 0.857. The van der Waals surface area contributed by atoms with Crippen LogP contribution in [0.2, 0.25) is 0 Å². The van der Waals surface area contributed by atoms with Gasteiger partial charge in [0.25, 0.3) is 0 Å². The van der Waals surface area contributed by atoms with Crippen molar-refractivity contribution in [1.29, 1.82) is 0 Å². The lowest BCUT2D eigenvalue weighted by molar-refractivity contribution is -0.133. The molecule has 0 bridgehead atoms. The van der Waals surface area contributed by atoms with Gasteiger partial charge in [0.1, 0.15) is 0 Å². The van der Waals surface area contributed by atoms with E-state index in [4.69, 9.17) is 4.74 Å². The van der Waals surface area contributed by atoms with Gasteiger partial charge in [-0.2, -0.15) is 0 Å². The normalized spacial score (nSPS) is 19.9. The molecule has 0 aromatic rings. The zero-order valence-corrected chi connectivity index (χ0v) is 12.8. The smallest absolute Gasteiger partial charge is 0.317 e. The minimum Gasteiger partial charge on any atom is -0.383 e. The Morgan fingerprint density at radius 1 is 1.00 bits per heavy atom. The predicted octanol–water partition coefficient (Wildman–Crippen LogP) is -0.418. The Hall–Kier alpha value is -1.34. The van der Waals surface area contributed by atoms with E-state index in [0.29, 0.717) is 45.9 Å². The van der Waals surface area contributed by atoms with Gasteiger partial charge in [-0.1, -0.05) is 0 Å². The Bertz CT molecular complexity index is 350. The molecule has 0 aromatic heterocycles. The summed E-state index contributed by atoms with van der Waals surface area (Å²) in [6.07, 6.45) is 2.39. The molecule has 2 aliphatic heterocycles. The number of rotatable bonds is 5. The van der Waals surface area contributed by atoms with Crippen LogP contribution in [0.3, 0.4) is 0 Å². The maximum Gasteiger partial charge on any atom is 0.317 e. The van der Waals surface area contributed by atoms with E-state index in [1.165, 1.54) is 12.8 Å². The second kappa shape index (κ2) is 8.19. The Labute approximate surface area is 126 Å². The van der Waals surface area contributed by atoms with Crippen LogP contribution in [0.4, 0.5) is 4.79 Å². The van der Waals surface area contributed by atoms with Crippen LogP contribution < -0.4 is 5.32 Å². The molecule has 2 fully saturated rings. The van der Waals surface area contributed by atoms with Crippen LogP contribution in [-0.4, -0.2) is 92.7 Å². The Balaban J connectivity index is 1.67. The summed E-state index contributed by atoms with van der Waals surface area (Å²) in [6.45, 7) is 6.09. The average Bonchev–Trinajstić information content (AvgIpc) is 3.00. The second-order valence-corrected chi connectivity index (χ2v) is 5.58. The number of likely N-dealkylation sites (tertiary alicyclic amines) is 1. The third kappa shape index (κ3) is 4.86. The second-order valence-electron chi connectivity index (χ2n) is 5.58. The Morgan fingerprint density at radius 2 is 1.62 bits per heavy atom. The average molecular weight is 298 g/mol. The van der Waals surface area contributed by atoms with Crippen molar-refractivity contribution in [2.24, 2.45) is 0 Å². The van der Waals surface area contributed by atoms with E-state index in [-0.39, 0.29) is 11.9 Å². The summed E-state index contributed by atoms with van der Waals surface area (Å²) in [5.74, 6) is 0.191. The van der Waals surface area contributed by atoms with E-state index in [0.717, 1.165) is 13.1 Å². The minimum absolute atomic E-state index is 0.0707. The standard InChI is InChI=1S/C14H26N4O3/c1-21-11-4-15-14(20)18-9-7-17(8-10-18)13(19)12-16-5-2-3-6-16/h2-12H2,1H3,(H,15,20). The van der Waals surface area contributed by atoms with Crippen LogP contribution in [0.5, 0.6) is 0 Å². The van der Waals surface area contributed by atoms with Gasteiger partial charge in [-0.05, 0) is 25.9 Å². The number of piperazine rings is 1. The highest BCUT2D eigenvalue weighted by Gasteiger charge is 2.25. The first-order chi connectivity index (χ1) is 10.2. The number of hydrogen-bond acceptors (Lipinski definition) is 4. The lowest BCUT2D eigenvalue weighted by Crippen LogP contribution is -2.54. The van der Waals surface area contributed by atoms with E-state index in [2.05, 4.69) is 10.2 Å². The molecule has 2 heterocycles. The lowest BCUT2D eigenvalue weighted by Gasteiger charge is -2.35. The van der Waals surface area contributed by atoms with Crippen LogP contribution in [-0.2, 0) is 9.53 Å². The lowest BCUT2D eigenvalue weighted by atomic mass is 10.3. The fourth-order valence-corrected chi connectivity index (χ4v) is 2.76. The topological polar surface area (TPSA) is 65.1 Å². The molecule has 2 aliphatic rings. The molecule has 0 spiro atoms.